The third-order valence-electron chi connectivity index (χ3n) is 8.48. The molecule has 0 unspecified atom stereocenters. The average Bonchev–Trinajstić information content (AvgIpc) is 3.63. The zero-order valence-corrected chi connectivity index (χ0v) is 25.7. The first kappa shape index (κ1) is 31.3. The Morgan fingerprint density at radius 1 is 1.17 bits per heavy atom. The van der Waals surface area contributed by atoms with Crippen molar-refractivity contribution in [3.8, 4) is 0 Å². The largest absolute Gasteiger partial charge is 0.381 e. The Kier molecular flexibility index (Phi) is 11.5. The van der Waals surface area contributed by atoms with Crippen LogP contribution in [0.1, 0.15) is 75.3 Å². The molecule has 2 saturated heterocycles. The lowest BCUT2D eigenvalue weighted by molar-refractivity contribution is -0.131. The second kappa shape index (κ2) is 15.0. The number of thiazole rings is 1. The van der Waals surface area contributed by atoms with Crippen LogP contribution in [0.2, 0.25) is 0 Å². The summed E-state index contributed by atoms with van der Waals surface area (Å²) in [5.41, 5.74) is 2.82. The number of ether oxygens (including phenoxy) is 1. The highest BCUT2D eigenvalue weighted by Crippen LogP contribution is 2.29. The Morgan fingerprint density at radius 3 is 2.59 bits per heavy atom. The molecule has 2 aromatic rings. The van der Waals surface area contributed by atoms with Crippen LogP contribution in [0.25, 0.3) is 10.2 Å². The Balaban J connectivity index is 1.45. The quantitative estimate of drug-likeness (QED) is 0.315. The SMILES string of the molecule is C=C(CN1CCCC1)C(=O)CC[C@@H](NC(=O)[C@@H](CC(=O)NC)Cc1nc2ccc(C(C)C)cc2s1)C1CCOCC1. The highest BCUT2D eigenvalue weighted by Gasteiger charge is 2.31. The van der Waals surface area contributed by atoms with Crippen molar-refractivity contribution in [3.63, 3.8) is 0 Å². The molecule has 2 N–H and O–H groups in total. The highest BCUT2D eigenvalue weighted by atomic mass is 32.1. The topological polar surface area (TPSA) is 101 Å². The van der Waals surface area contributed by atoms with Gasteiger partial charge in [0.05, 0.1) is 21.1 Å². The Hall–Kier alpha value is -2.62. The van der Waals surface area contributed by atoms with Crippen LogP contribution in [0.3, 0.4) is 0 Å². The number of likely N-dealkylation sites (tertiary alicyclic amines) is 1. The molecule has 2 aliphatic heterocycles. The summed E-state index contributed by atoms with van der Waals surface area (Å²) in [7, 11) is 1.59. The predicted molar refractivity (Wildman–Crippen MR) is 164 cm³/mol. The van der Waals surface area contributed by atoms with Crippen molar-refractivity contribution in [2.45, 2.75) is 77.2 Å². The van der Waals surface area contributed by atoms with Crippen molar-refractivity contribution in [2.24, 2.45) is 11.8 Å². The van der Waals surface area contributed by atoms with E-state index in [-0.39, 0.29) is 36.0 Å². The van der Waals surface area contributed by atoms with E-state index in [2.05, 4.69) is 48.1 Å². The van der Waals surface area contributed by atoms with E-state index >= 15 is 0 Å². The average molecular weight is 583 g/mol. The van der Waals surface area contributed by atoms with E-state index in [9.17, 15) is 14.4 Å². The monoisotopic (exact) mass is 582 g/mol. The standard InChI is InChI=1S/C32H46N4O4S/c1-21(2)24-7-8-27-29(17-24)41-31(34-27)19-25(18-30(38)33-4)32(39)35-26(23-11-15-40-16-12-23)9-10-28(37)22(3)20-36-13-5-6-14-36/h7-8,17,21,23,25-26H,3,5-6,9-16,18-20H2,1-2,4H3,(H,33,38)(H,35,39)/t25-,26+/m0/s1. The van der Waals surface area contributed by atoms with Gasteiger partial charge in [-0.1, -0.05) is 26.5 Å². The third kappa shape index (κ3) is 8.93. The van der Waals surface area contributed by atoms with Gasteiger partial charge in [0.2, 0.25) is 11.8 Å². The Labute approximate surface area is 248 Å². The van der Waals surface area contributed by atoms with Crippen molar-refractivity contribution in [1.29, 1.82) is 0 Å². The van der Waals surface area contributed by atoms with Crippen molar-refractivity contribution < 1.29 is 19.1 Å². The molecule has 3 heterocycles. The van der Waals surface area contributed by atoms with E-state index in [1.807, 2.05) is 6.07 Å². The second-order valence-electron chi connectivity index (χ2n) is 11.9. The Bertz CT molecular complexity index is 1210. The number of benzene rings is 1. The van der Waals surface area contributed by atoms with Crippen LogP contribution >= 0.6 is 11.3 Å². The molecular weight excluding hydrogens is 536 g/mol. The summed E-state index contributed by atoms with van der Waals surface area (Å²) in [4.78, 5) is 46.3. The third-order valence-corrected chi connectivity index (χ3v) is 9.52. The minimum Gasteiger partial charge on any atom is -0.381 e. The van der Waals surface area contributed by atoms with E-state index in [1.165, 1.54) is 18.4 Å². The van der Waals surface area contributed by atoms with Crippen molar-refractivity contribution >= 4 is 39.2 Å². The van der Waals surface area contributed by atoms with Crippen molar-refractivity contribution in [1.82, 2.24) is 20.5 Å². The van der Waals surface area contributed by atoms with Gasteiger partial charge >= 0.3 is 0 Å². The predicted octanol–water partition coefficient (Wildman–Crippen LogP) is 4.63. The van der Waals surface area contributed by atoms with Crippen molar-refractivity contribution in [2.75, 3.05) is 39.9 Å². The van der Waals surface area contributed by atoms with Crippen LogP contribution in [0.15, 0.2) is 30.4 Å². The van der Waals surface area contributed by atoms with Gasteiger partial charge in [0.25, 0.3) is 0 Å². The van der Waals surface area contributed by atoms with Gasteiger partial charge in [0.1, 0.15) is 0 Å². The second-order valence-corrected chi connectivity index (χ2v) is 13.0. The van der Waals surface area contributed by atoms with Crippen LogP contribution in [0, 0.1) is 11.8 Å². The molecule has 224 valence electrons. The minimum absolute atomic E-state index is 0.0698. The summed E-state index contributed by atoms with van der Waals surface area (Å²) < 4.78 is 6.67. The number of nitrogens with one attached hydrogen (secondary N) is 2. The maximum atomic E-state index is 13.8. The molecule has 0 radical (unpaired) electrons. The molecule has 8 nitrogen and oxygen atoms in total. The molecule has 1 aromatic heterocycles. The number of carbonyl (C=O) groups is 3. The van der Waals surface area contributed by atoms with Gasteiger partial charge in [-0.25, -0.2) is 4.98 Å². The number of nitrogens with zero attached hydrogens (tertiary/aromatic N) is 2. The van der Waals surface area contributed by atoms with Gasteiger partial charge in [-0.15, -0.1) is 11.3 Å². The van der Waals surface area contributed by atoms with Gasteiger partial charge < -0.3 is 15.4 Å². The molecule has 0 bridgehead atoms. The number of fused-ring (bicyclic) bond motifs is 1. The number of hydrogen-bond acceptors (Lipinski definition) is 7. The van der Waals surface area contributed by atoms with Crippen LogP contribution in [-0.2, 0) is 25.5 Å². The van der Waals surface area contributed by atoms with E-state index in [1.54, 1.807) is 18.4 Å². The fraction of sp³-hybridized carbons (Fsp3) is 0.625. The van der Waals surface area contributed by atoms with Crippen LogP contribution in [-0.4, -0.2) is 73.4 Å². The fourth-order valence-corrected chi connectivity index (χ4v) is 6.93. The van der Waals surface area contributed by atoms with E-state index < -0.39 is 5.92 Å². The first-order valence-electron chi connectivity index (χ1n) is 15.1. The van der Waals surface area contributed by atoms with Crippen LogP contribution in [0.5, 0.6) is 0 Å². The molecule has 41 heavy (non-hydrogen) atoms. The van der Waals surface area contributed by atoms with Crippen LogP contribution < -0.4 is 10.6 Å². The molecule has 2 amide bonds. The molecule has 0 spiro atoms. The Morgan fingerprint density at radius 2 is 1.90 bits per heavy atom. The summed E-state index contributed by atoms with van der Waals surface area (Å²) in [6, 6.07) is 6.15. The number of Topliss-reactive ketones (excluding diaryl/α,β-unsaturated/α-hetero) is 1. The minimum atomic E-state index is -0.553. The smallest absolute Gasteiger partial charge is 0.224 e. The van der Waals surface area contributed by atoms with Gasteiger partial charge in [-0.2, -0.15) is 0 Å². The van der Waals surface area contributed by atoms with Gasteiger partial charge in [-0.3, -0.25) is 19.3 Å². The first-order chi connectivity index (χ1) is 19.7. The lowest BCUT2D eigenvalue weighted by atomic mass is 9.87. The molecule has 2 fully saturated rings. The van der Waals surface area contributed by atoms with E-state index in [0.29, 0.717) is 50.5 Å². The van der Waals surface area contributed by atoms with Gasteiger partial charge in [-0.05, 0) is 74.7 Å². The summed E-state index contributed by atoms with van der Waals surface area (Å²) in [6.45, 7) is 12.4. The molecule has 1 aromatic carbocycles. The maximum Gasteiger partial charge on any atom is 0.224 e. The lowest BCUT2D eigenvalue weighted by Gasteiger charge is -2.32. The van der Waals surface area contributed by atoms with E-state index in [0.717, 1.165) is 41.2 Å². The molecule has 2 atom stereocenters. The number of rotatable bonds is 14. The number of amides is 2. The lowest BCUT2D eigenvalue weighted by Crippen LogP contribution is -2.46. The molecule has 9 heteroatoms. The maximum absolute atomic E-state index is 13.8. The summed E-state index contributed by atoms with van der Waals surface area (Å²) >= 11 is 1.59. The number of hydrogen-bond donors (Lipinski definition) is 2. The summed E-state index contributed by atoms with van der Waals surface area (Å²) in [5.74, 6) is -0.170. The molecule has 4 rings (SSSR count). The van der Waals surface area contributed by atoms with Crippen molar-refractivity contribution in [3.05, 3.63) is 40.9 Å². The molecular formula is C32H46N4O4S. The molecule has 0 saturated carbocycles. The zero-order valence-electron chi connectivity index (χ0n) is 24.9. The first-order valence-corrected chi connectivity index (χ1v) is 16.0. The van der Waals surface area contributed by atoms with E-state index in [4.69, 9.17) is 9.72 Å². The summed E-state index contributed by atoms with van der Waals surface area (Å²) in [5, 5.41) is 6.79. The fourth-order valence-electron chi connectivity index (χ4n) is 5.84. The normalized spacial score (nSPS) is 18.0. The molecule has 0 aliphatic carbocycles. The number of ketones is 1. The number of carbonyl (C=O) groups excluding carboxylic acids is 3. The zero-order chi connectivity index (χ0) is 29.4. The highest BCUT2D eigenvalue weighted by molar-refractivity contribution is 7.18. The number of aromatic nitrogens is 1. The van der Waals surface area contributed by atoms with Gasteiger partial charge in [0.15, 0.2) is 5.78 Å². The van der Waals surface area contributed by atoms with Crippen LogP contribution in [0.4, 0.5) is 0 Å². The molecule has 2 aliphatic rings. The van der Waals surface area contributed by atoms with Gasteiger partial charge in [0, 0.05) is 57.7 Å². The summed E-state index contributed by atoms with van der Waals surface area (Å²) in [6.07, 6.45) is 5.40.